The van der Waals surface area contributed by atoms with Crippen LogP contribution in [-0.2, 0) is 20.1 Å². The van der Waals surface area contributed by atoms with Gasteiger partial charge in [-0.1, -0.05) is 12.1 Å². The predicted octanol–water partition coefficient (Wildman–Crippen LogP) is 1.95. The lowest BCUT2D eigenvalue weighted by molar-refractivity contribution is -0.142. The normalized spacial score (nSPS) is 12.1. The summed E-state index contributed by atoms with van der Waals surface area (Å²) in [5.74, 6) is 1.16. The predicted molar refractivity (Wildman–Crippen MR) is 91.3 cm³/mol. The molecule has 27 heavy (non-hydrogen) atoms. The minimum Gasteiger partial charge on any atom is -0.361 e. The maximum absolute atomic E-state index is 12.4. The summed E-state index contributed by atoms with van der Waals surface area (Å²) < 4.78 is 41.2. The summed E-state index contributed by atoms with van der Waals surface area (Å²) in [5.41, 5.74) is 0.468. The fourth-order valence-electron chi connectivity index (χ4n) is 2.90. The highest BCUT2D eigenvalue weighted by molar-refractivity contribution is 5.80. The summed E-state index contributed by atoms with van der Waals surface area (Å²) in [7, 11) is 1.61. The average Bonchev–Trinajstić information content (AvgIpc) is 3.23. The van der Waals surface area contributed by atoms with Gasteiger partial charge in [0.05, 0.1) is 17.4 Å². The second kappa shape index (κ2) is 6.11. The van der Waals surface area contributed by atoms with E-state index in [9.17, 15) is 18.0 Å². The van der Waals surface area contributed by atoms with Crippen LogP contribution in [0.4, 0.5) is 19.0 Å². The van der Waals surface area contributed by atoms with Crippen LogP contribution < -0.4 is 10.9 Å². The molecule has 4 rings (SSSR count). The summed E-state index contributed by atoms with van der Waals surface area (Å²) in [6.45, 7) is -0.984. The van der Waals surface area contributed by atoms with Crippen LogP contribution in [0.3, 0.4) is 0 Å². The van der Waals surface area contributed by atoms with Crippen molar-refractivity contribution in [2.24, 2.45) is 7.05 Å². The molecule has 1 N–H and O–H groups in total. The fourth-order valence-corrected chi connectivity index (χ4v) is 2.90. The molecule has 0 spiro atoms. The molecule has 0 unspecified atom stereocenters. The van der Waals surface area contributed by atoms with Gasteiger partial charge in [-0.05, 0) is 12.1 Å². The summed E-state index contributed by atoms with van der Waals surface area (Å²) in [5, 5.41) is 15.5. The molecule has 3 heterocycles. The van der Waals surface area contributed by atoms with E-state index in [1.54, 1.807) is 35.7 Å². The lowest BCUT2D eigenvalue weighted by atomic mass is 10.2. The van der Waals surface area contributed by atoms with E-state index >= 15 is 0 Å². The molecule has 0 amide bonds. The molecule has 0 saturated carbocycles. The lowest BCUT2D eigenvalue weighted by Gasteiger charge is -2.08. The molecular formula is C16H14F3N7O. The first-order valence-electron chi connectivity index (χ1n) is 7.99. The zero-order chi connectivity index (χ0) is 19.2. The highest BCUT2D eigenvalue weighted by atomic mass is 19.4. The van der Waals surface area contributed by atoms with Crippen LogP contribution in [0.1, 0.15) is 5.82 Å². The van der Waals surface area contributed by atoms with Crippen molar-refractivity contribution in [3.05, 3.63) is 52.7 Å². The minimum absolute atomic E-state index is 0.173. The molecule has 4 aromatic rings. The monoisotopic (exact) mass is 377 g/mol. The summed E-state index contributed by atoms with van der Waals surface area (Å²) in [6, 6.07) is 8.52. The summed E-state index contributed by atoms with van der Waals surface area (Å²) in [4.78, 5) is 12.4. The van der Waals surface area contributed by atoms with E-state index in [0.717, 1.165) is 4.68 Å². The number of nitrogens with one attached hydrogen (secondary N) is 1. The number of anilines is 1. The SMILES string of the molecule is Cn1c(=O)c2ccccc2n2c(CNc3ccn(CC(F)(F)F)n3)nnc12. The Hall–Kier alpha value is -3.37. The third-order valence-corrected chi connectivity index (χ3v) is 4.10. The Bertz CT molecular complexity index is 1190. The molecule has 0 aliphatic rings. The Labute approximate surface area is 149 Å². The van der Waals surface area contributed by atoms with Gasteiger partial charge in [0.15, 0.2) is 5.82 Å². The first kappa shape index (κ1) is 17.1. The molecule has 11 heteroatoms. The van der Waals surface area contributed by atoms with Gasteiger partial charge in [-0.3, -0.25) is 18.4 Å². The number of para-hydroxylation sites is 1. The van der Waals surface area contributed by atoms with Crippen LogP contribution in [0.25, 0.3) is 16.7 Å². The smallest absolute Gasteiger partial charge is 0.361 e. The molecule has 0 atom stereocenters. The third kappa shape index (κ3) is 3.11. The topological polar surface area (TPSA) is 82.0 Å². The number of aromatic nitrogens is 6. The first-order chi connectivity index (χ1) is 12.8. The minimum atomic E-state index is -4.34. The van der Waals surface area contributed by atoms with Crippen molar-refractivity contribution in [1.82, 2.24) is 28.9 Å². The van der Waals surface area contributed by atoms with Crippen LogP contribution in [0, 0.1) is 0 Å². The van der Waals surface area contributed by atoms with Crippen LogP contribution in [-0.4, -0.2) is 35.1 Å². The number of hydrogen-bond donors (Lipinski definition) is 1. The molecule has 3 aromatic heterocycles. The maximum Gasteiger partial charge on any atom is 0.408 e. The number of aryl methyl sites for hydroxylation is 1. The van der Waals surface area contributed by atoms with E-state index in [-0.39, 0.29) is 17.9 Å². The second-order valence-corrected chi connectivity index (χ2v) is 6.00. The zero-order valence-electron chi connectivity index (χ0n) is 14.1. The number of hydrogen-bond acceptors (Lipinski definition) is 5. The van der Waals surface area contributed by atoms with Crippen LogP contribution in [0.5, 0.6) is 0 Å². The molecule has 0 saturated heterocycles. The molecule has 0 fully saturated rings. The molecule has 140 valence electrons. The molecular weight excluding hydrogens is 363 g/mol. The van der Waals surface area contributed by atoms with E-state index in [1.807, 2.05) is 0 Å². The van der Waals surface area contributed by atoms with Gasteiger partial charge in [0, 0.05) is 19.3 Å². The van der Waals surface area contributed by atoms with Gasteiger partial charge in [0.1, 0.15) is 12.4 Å². The van der Waals surface area contributed by atoms with Crippen molar-refractivity contribution in [3.63, 3.8) is 0 Å². The van der Waals surface area contributed by atoms with Crippen LogP contribution >= 0.6 is 0 Å². The fraction of sp³-hybridized carbons (Fsp3) is 0.250. The van der Waals surface area contributed by atoms with Crippen molar-refractivity contribution >= 4 is 22.5 Å². The van der Waals surface area contributed by atoms with E-state index < -0.39 is 12.7 Å². The van der Waals surface area contributed by atoms with Crippen molar-refractivity contribution < 1.29 is 13.2 Å². The molecule has 0 aliphatic carbocycles. The van der Waals surface area contributed by atoms with Gasteiger partial charge in [-0.15, -0.1) is 10.2 Å². The molecule has 1 aromatic carbocycles. The molecule has 0 bridgehead atoms. The number of benzene rings is 1. The average molecular weight is 377 g/mol. The van der Waals surface area contributed by atoms with E-state index in [0.29, 0.717) is 22.5 Å². The summed E-state index contributed by atoms with van der Waals surface area (Å²) >= 11 is 0. The summed E-state index contributed by atoms with van der Waals surface area (Å²) in [6.07, 6.45) is -3.09. The standard InChI is InChI=1S/C16H14F3N7O/c1-24-14(27)10-4-2-3-5-11(10)26-13(21-22-15(24)26)8-20-12-6-7-25(23-12)9-16(17,18)19/h2-7H,8-9H2,1H3,(H,20,23). The largest absolute Gasteiger partial charge is 0.408 e. The zero-order valence-corrected chi connectivity index (χ0v) is 14.1. The van der Waals surface area contributed by atoms with Crippen LogP contribution in [0.15, 0.2) is 41.3 Å². The third-order valence-electron chi connectivity index (χ3n) is 4.10. The molecule has 0 aliphatic heterocycles. The number of halogens is 3. The van der Waals surface area contributed by atoms with Gasteiger partial charge in [0.25, 0.3) is 5.56 Å². The number of fused-ring (bicyclic) bond motifs is 3. The van der Waals surface area contributed by atoms with Crippen molar-refractivity contribution in [1.29, 1.82) is 0 Å². The highest BCUT2D eigenvalue weighted by Crippen LogP contribution is 2.18. The Balaban J connectivity index is 1.67. The van der Waals surface area contributed by atoms with Gasteiger partial charge in [-0.25, -0.2) is 0 Å². The van der Waals surface area contributed by atoms with Gasteiger partial charge in [0.2, 0.25) is 5.78 Å². The molecule has 8 nitrogen and oxygen atoms in total. The Morgan fingerprint density at radius 2 is 1.93 bits per heavy atom. The van der Waals surface area contributed by atoms with Gasteiger partial charge >= 0.3 is 6.18 Å². The van der Waals surface area contributed by atoms with Crippen molar-refractivity contribution in [3.8, 4) is 0 Å². The van der Waals surface area contributed by atoms with E-state index in [4.69, 9.17) is 0 Å². The molecule has 0 radical (unpaired) electrons. The quantitative estimate of drug-likeness (QED) is 0.588. The Kier molecular flexibility index (Phi) is 3.86. The first-order valence-corrected chi connectivity index (χ1v) is 7.99. The van der Waals surface area contributed by atoms with E-state index in [1.165, 1.54) is 16.8 Å². The number of nitrogens with zero attached hydrogens (tertiary/aromatic N) is 6. The Morgan fingerprint density at radius 3 is 2.70 bits per heavy atom. The number of alkyl halides is 3. The highest BCUT2D eigenvalue weighted by Gasteiger charge is 2.28. The lowest BCUT2D eigenvalue weighted by Crippen LogP contribution is -2.20. The maximum atomic E-state index is 12.4. The van der Waals surface area contributed by atoms with Crippen molar-refractivity contribution in [2.45, 2.75) is 19.3 Å². The van der Waals surface area contributed by atoms with E-state index in [2.05, 4.69) is 20.6 Å². The second-order valence-electron chi connectivity index (χ2n) is 6.00. The van der Waals surface area contributed by atoms with Gasteiger partial charge < -0.3 is 5.32 Å². The number of rotatable bonds is 4. The van der Waals surface area contributed by atoms with Crippen LogP contribution in [0.2, 0.25) is 0 Å². The van der Waals surface area contributed by atoms with Gasteiger partial charge in [-0.2, -0.15) is 18.3 Å². The Morgan fingerprint density at radius 1 is 1.15 bits per heavy atom. The van der Waals surface area contributed by atoms with Crippen molar-refractivity contribution in [2.75, 3.05) is 5.32 Å².